The summed E-state index contributed by atoms with van der Waals surface area (Å²) in [4.78, 5) is 13.7. The highest BCUT2D eigenvalue weighted by molar-refractivity contribution is 5.78. The second kappa shape index (κ2) is 8.18. The summed E-state index contributed by atoms with van der Waals surface area (Å²) < 4.78 is 0. The molecule has 1 amide bonds. The number of rotatable bonds is 6. The maximum Gasteiger partial charge on any atom is 0.223 e. The van der Waals surface area contributed by atoms with E-state index in [9.17, 15) is 4.79 Å². The summed E-state index contributed by atoms with van der Waals surface area (Å²) >= 11 is 0. The highest BCUT2D eigenvalue weighted by Gasteiger charge is 2.27. The number of nitrogens with one attached hydrogen (secondary N) is 2. The van der Waals surface area contributed by atoms with E-state index in [1.807, 2.05) is 0 Å². The van der Waals surface area contributed by atoms with E-state index >= 15 is 0 Å². The van der Waals surface area contributed by atoms with Crippen LogP contribution in [-0.4, -0.2) is 25.5 Å². The fraction of sp³-hybridized carbons (Fsp3) is 0.611. The molecule has 0 radical (unpaired) electrons. The molecule has 1 aliphatic rings. The van der Waals surface area contributed by atoms with Crippen molar-refractivity contribution in [3.05, 3.63) is 35.9 Å². The van der Waals surface area contributed by atoms with Gasteiger partial charge < -0.3 is 10.2 Å². The van der Waals surface area contributed by atoms with Gasteiger partial charge in [0.1, 0.15) is 6.54 Å². The van der Waals surface area contributed by atoms with Crippen molar-refractivity contribution in [2.75, 3.05) is 19.6 Å². The molecule has 1 aliphatic heterocycles. The molecule has 0 spiro atoms. The third-order valence-corrected chi connectivity index (χ3v) is 4.38. The van der Waals surface area contributed by atoms with E-state index in [1.54, 1.807) is 4.90 Å². The van der Waals surface area contributed by atoms with Gasteiger partial charge in [-0.2, -0.15) is 0 Å². The lowest BCUT2D eigenvalue weighted by molar-refractivity contribution is -0.919. The van der Waals surface area contributed by atoms with Crippen molar-refractivity contribution in [3.63, 3.8) is 0 Å². The van der Waals surface area contributed by atoms with Crippen LogP contribution in [0.15, 0.2) is 30.3 Å². The lowest BCUT2D eigenvalue weighted by Crippen LogP contribution is -3.11. The number of carbonyl (C=O) groups excluding carboxylic acids is 1. The Labute approximate surface area is 128 Å². The molecular formula is C18H29N2O+. The predicted octanol–water partition coefficient (Wildman–Crippen LogP) is 1.64. The summed E-state index contributed by atoms with van der Waals surface area (Å²) in [7, 11) is 0. The van der Waals surface area contributed by atoms with Crippen molar-refractivity contribution in [1.82, 2.24) is 5.32 Å². The average Bonchev–Trinajstić information content (AvgIpc) is 2.48. The maximum absolute atomic E-state index is 12.1. The zero-order valence-electron chi connectivity index (χ0n) is 13.4. The van der Waals surface area contributed by atoms with E-state index in [4.69, 9.17) is 0 Å². The van der Waals surface area contributed by atoms with Crippen LogP contribution >= 0.6 is 0 Å². The molecule has 1 heterocycles. The maximum atomic E-state index is 12.1. The largest absolute Gasteiger partial charge is 0.356 e. The third kappa shape index (κ3) is 5.50. The Balaban J connectivity index is 1.69. The van der Waals surface area contributed by atoms with Gasteiger partial charge in [0.15, 0.2) is 0 Å². The molecule has 2 N–H and O–H groups in total. The highest BCUT2D eigenvalue weighted by Crippen LogP contribution is 2.10. The predicted molar refractivity (Wildman–Crippen MR) is 86.0 cm³/mol. The lowest BCUT2D eigenvalue weighted by Gasteiger charge is -2.28. The summed E-state index contributed by atoms with van der Waals surface area (Å²) in [5.41, 5.74) is 1.40. The Hall–Kier alpha value is -1.35. The molecule has 1 saturated heterocycles. The SMILES string of the molecule is CC(C)CCNC(=O)C1CC[NH+](Cc2ccccc2)CC1. The van der Waals surface area contributed by atoms with Crippen LogP contribution < -0.4 is 10.2 Å². The van der Waals surface area contributed by atoms with Crippen LogP contribution in [0.1, 0.15) is 38.7 Å². The van der Waals surface area contributed by atoms with Gasteiger partial charge >= 0.3 is 0 Å². The van der Waals surface area contributed by atoms with E-state index in [0.29, 0.717) is 5.92 Å². The zero-order chi connectivity index (χ0) is 15.1. The van der Waals surface area contributed by atoms with Crippen LogP contribution in [0, 0.1) is 11.8 Å². The number of quaternary nitrogens is 1. The molecule has 1 aromatic rings. The summed E-state index contributed by atoms with van der Waals surface area (Å²) in [5.74, 6) is 1.16. The lowest BCUT2D eigenvalue weighted by atomic mass is 9.95. The van der Waals surface area contributed by atoms with Gasteiger partial charge in [0, 0.05) is 30.9 Å². The number of likely N-dealkylation sites (tertiary alicyclic amines) is 1. The molecule has 2 rings (SSSR count). The Morgan fingerprint density at radius 3 is 2.52 bits per heavy atom. The van der Waals surface area contributed by atoms with Crippen LogP contribution in [0.4, 0.5) is 0 Å². The van der Waals surface area contributed by atoms with Crippen LogP contribution in [0.3, 0.4) is 0 Å². The molecule has 0 aromatic heterocycles. The number of piperidine rings is 1. The van der Waals surface area contributed by atoms with E-state index in [-0.39, 0.29) is 11.8 Å². The van der Waals surface area contributed by atoms with Crippen molar-refractivity contribution in [1.29, 1.82) is 0 Å². The van der Waals surface area contributed by atoms with E-state index in [1.165, 1.54) is 5.56 Å². The Bertz CT molecular complexity index is 422. The fourth-order valence-electron chi connectivity index (χ4n) is 2.98. The van der Waals surface area contributed by atoms with Gasteiger partial charge in [0.2, 0.25) is 5.91 Å². The minimum Gasteiger partial charge on any atom is -0.356 e. The smallest absolute Gasteiger partial charge is 0.223 e. The monoisotopic (exact) mass is 289 g/mol. The minimum atomic E-state index is 0.233. The number of hydrogen-bond donors (Lipinski definition) is 2. The first-order valence-electron chi connectivity index (χ1n) is 8.30. The van der Waals surface area contributed by atoms with Gasteiger partial charge in [-0.25, -0.2) is 0 Å². The minimum absolute atomic E-state index is 0.233. The quantitative estimate of drug-likeness (QED) is 0.820. The van der Waals surface area contributed by atoms with Crippen molar-refractivity contribution in [3.8, 4) is 0 Å². The van der Waals surface area contributed by atoms with Crippen LogP contribution in [0.25, 0.3) is 0 Å². The number of carbonyl (C=O) groups is 1. The molecule has 0 atom stereocenters. The summed E-state index contributed by atoms with van der Waals surface area (Å²) in [6, 6.07) is 10.6. The molecule has 116 valence electrons. The molecule has 0 aliphatic carbocycles. The standard InChI is InChI=1S/C18H28N2O/c1-15(2)8-11-19-18(21)17-9-12-20(13-10-17)14-16-6-4-3-5-7-16/h3-7,15,17H,8-14H2,1-2H3,(H,19,21)/p+1. The second-order valence-corrected chi connectivity index (χ2v) is 6.66. The molecule has 1 aromatic carbocycles. The molecule has 1 fully saturated rings. The molecule has 3 heteroatoms. The summed E-state index contributed by atoms with van der Waals surface area (Å²) in [6.45, 7) is 8.51. The number of benzene rings is 1. The molecule has 0 saturated carbocycles. The summed E-state index contributed by atoms with van der Waals surface area (Å²) in [6.07, 6.45) is 3.12. The molecule has 3 nitrogen and oxygen atoms in total. The van der Waals surface area contributed by atoms with E-state index in [0.717, 1.165) is 45.4 Å². The average molecular weight is 289 g/mol. The second-order valence-electron chi connectivity index (χ2n) is 6.66. The van der Waals surface area contributed by atoms with E-state index < -0.39 is 0 Å². The molecule has 0 unspecified atom stereocenters. The van der Waals surface area contributed by atoms with Crippen molar-refractivity contribution < 1.29 is 9.69 Å². The van der Waals surface area contributed by atoms with Gasteiger partial charge in [0.25, 0.3) is 0 Å². The first-order chi connectivity index (χ1) is 10.1. The van der Waals surface area contributed by atoms with Gasteiger partial charge in [0.05, 0.1) is 13.1 Å². The molecule has 21 heavy (non-hydrogen) atoms. The van der Waals surface area contributed by atoms with Crippen molar-refractivity contribution in [2.45, 2.75) is 39.7 Å². The van der Waals surface area contributed by atoms with Crippen molar-refractivity contribution in [2.24, 2.45) is 11.8 Å². The Morgan fingerprint density at radius 2 is 1.90 bits per heavy atom. The number of amides is 1. The van der Waals surface area contributed by atoms with E-state index in [2.05, 4.69) is 49.5 Å². The van der Waals surface area contributed by atoms with Gasteiger partial charge in [-0.1, -0.05) is 44.2 Å². The Kier molecular flexibility index (Phi) is 6.24. The van der Waals surface area contributed by atoms with Gasteiger partial charge in [-0.15, -0.1) is 0 Å². The first-order valence-corrected chi connectivity index (χ1v) is 8.30. The topological polar surface area (TPSA) is 33.5 Å². The zero-order valence-corrected chi connectivity index (χ0v) is 13.4. The molecular weight excluding hydrogens is 260 g/mol. The van der Waals surface area contributed by atoms with Crippen LogP contribution in [0.2, 0.25) is 0 Å². The third-order valence-electron chi connectivity index (χ3n) is 4.38. The van der Waals surface area contributed by atoms with Gasteiger partial charge in [-0.05, 0) is 12.3 Å². The number of hydrogen-bond acceptors (Lipinski definition) is 1. The highest BCUT2D eigenvalue weighted by atomic mass is 16.1. The van der Waals surface area contributed by atoms with Crippen LogP contribution in [-0.2, 0) is 11.3 Å². The summed E-state index contributed by atoms with van der Waals surface area (Å²) in [5, 5.41) is 3.10. The fourth-order valence-corrected chi connectivity index (χ4v) is 2.98. The van der Waals surface area contributed by atoms with Gasteiger partial charge in [-0.3, -0.25) is 4.79 Å². The normalized spacial score (nSPS) is 22.2. The van der Waals surface area contributed by atoms with Crippen LogP contribution in [0.5, 0.6) is 0 Å². The molecule has 0 bridgehead atoms. The first kappa shape index (κ1) is 16.0. The van der Waals surface area contributed by atoms with Crippen molar-refractivity contribution >= 4 is 5.91 Å². The Morgan fingerprint density at radius 1 is 1.24 bits per heavy atom.